The van der Waals surface area contributed by atoms with Gasteiger partial charge in [-0.3, -0.25) is 4.99 Å². The molecule has 0 amide bonds. The smallest absolute Gasteiger partial charge is 0.191 e. The molecule has 1 rings (SSSR count). The molecule has 0 heterocycles. The first-order chi connectivity index (χ1) is 12.1. The summed E-state index contributed by atoms with van der Waals surface area (Å²) >= 11 is 0. The van der Waals surface area contributed by atoms with E-state index in [1.165, 1.54) is 0 Å². The molecule has 1 aromatic rings. The Balaban J connectivity index is 2.63. The van der Waals surface area contributed by atoms with Gasteiger partial charge in [-0.05, 0) is 45.7 Å². The van der Waals surface area contributed by atoms with E-state index < -0.39 is 14.6 Å². The molecule has 0 atom stereocenters. The van der Waals surface area contributed by atoms with Gasteiger partial charge in [0.2, 0.25) is 0 Å². The van der Waals surface area contributed by atoms with Crippen molar-refractivity contribution in [3.05, 3.63) is 29.3 Å². The number of benzene rings is 1. The summed E-state index contributed by atoms with van der Waals surface area (Å²) < 4.78 is 29.4. The van der Waals surface area contributed by atoms with Crippen molar-refractivity contribution in [2.75, 3.05) is 26.0 Å². The second kappa shape index (κ2) is 9.80. The van der Waals surface area contributed by atoms with Crippen molar-refractivity contribution in [2.45, 2.75) is 52.3 Å². The summed E-state index contributed by atoms with van der Waals surface area (Å²) in [6, 6.07) is 6.10. The number of aliphatic imine (C=N–C) groups is 1. The number of nitrogens with zero attached hydrogens (tertiary/aromatic N) is 1. The normalized spacial score (nSPS) is 12.8. The lowest BCUT2D eigenvalue weighted by atomic mass is 10.1. The summed E-state index contributed by atoms with van der Waals surface area (Å²) in [4.78, 5) is 4.15. The molecule has 0 radical (unpaired) electrons. The number of ether oxygens (including phenoxy) is 1. The first-order valence-electron chi connectivity index (χ1n) is 9.00. The van der Waals surface area contributed by atoms with Crippen molar-refractivity contribution in [3.63, 3.8) is 0 Å². The average molecular weight is 384 g/mol. The van der Waals surface area contributed by atoms with Crippen LogP contribution in [-0.2, 0) is 16.4 Å². The Labute approximate surface area is 158 Å². The summed E-state index contributed by atoms with van der Waals surface area (Å²) in [5.41, 5.74) is 2.18. The predicted molar refractivity (Wildman–Crippen MR) is 109 cm³/mol. The lowest BCUT2D eigenvalue weighted by Gasteiger charge is -2.20. The van der Waals surface area contributed by atoms with E-state index in [1.54, 1.807) is 27.8 Å². The third kappa shape index (κ3) is 6.86. The maximum atomic E-state index is 12.2. The van der Waals surface area contributed by atoms with E-state index in [9.17, 15) is 8.42 Å². The summed E-state index contributed by atoms with van der Waals surface area (Å²) in [7, 11) is -1.49. The van der Waals surface area contributed by atoms with Gasteiger partial charge in [-0.25, -0.2) is 8.42 Å². The molecule has 2 N–H and O–H groups in total. The van der Waals surface area contributed by atoms with E-state index in [0.29, 0.717) is 25.7 Å². The van der Waals surface area contributed by atoms with Gasteiger partial charge in [0.05, 0.1) is 17.1 Å². The lowest BCUT2D eigenvalue weighted by Crippen LogP contribution is -2.41. The number of nitrogens with one attached hydrogen (secondary N) is 2. The molecule has 0 aliphatic rings. The molecule has 0 saturated carbocycles. The molecular formula is C19H33N3O3S. The Bertz CT molecular complexity index is 707. The molecule has 0 aliphatic heterocycles. The Morgan fingerprint density at radius 2 is 1.92 bits per heavy atom. The van der Waals surface area contributed by atoms with Crippen LogP contribution in [0.5, 0.6) is 5.75 Å². The molecule has 0 aliphatic carbocycles. The Hall–Kier alpha value is -1.76. The Morgan fingerprint density at radius 1 is 1.23 bits per heavy atom. The number of rotatable bonds is 8. The Kier molecular flexibility index (Phi) is 8.40. The molecule has 148 valence electrons. The molecule has 0 bridgehead atoms. The fraction of sp³-hybridized carbons (Fsp3) is 0.632. The number of guanidine groups is 1. The quantitative estimate of drug-likeness (QED) is 0.533. The fourth-order valence-electron chi connectivity index (χ4n) is 2.16. The second-order valence-electron chi connectivity index (χ2n) is 7.24. The van der Waals surface area contributed by atoms with E-state index in [-0.39, 0.29) is 5.75 Å². The van der Waals surface area contributed by atoms with Crippen LogP contribution in [-0.4, -0.2) is 45.1 Å². The average Bonchev–Trinajstić information content (AvgIpc) is 2.56. The topological polar surface area (TPSA) is 79.8 Å². The number of aryl methyl sites for hydroxylation is 1. The molecule has 26 heavy (non-hydrogen) atoms. The summed E-state index contributed by atoms with van der Waals surface area (Å²) in [5.74, 6) is 1.49. The van der Waals surface area contributed by atoms with E-state index in [4.69, 9.17) is 4.74 Å². The molecule has 0 aromatic heterocycles. The van der Waals surface area contributed by atoms with E-state index >= 15 is 0 Å². The SMILES string of the molecule is CCCOc1cc(C)ccc1CNC(=NC)NCCS(=O)(=O)C(C)(C)C. The van der Waals surface area contributed by atoms with Crippen molar-refractivity contribution in [1.82, 2.24) is 10.6 Å². The predicted octanol–water partition coefficient (Wildman–Crippen LogP) is 2.66. The van der Waals surface area contributed by atoms with E-state index in [1.807, 2.05) is 25.1 Å². The first-order valence-corrected chi connectivity index (χ1v) is 10.6. The van der Waals surface area contributed by atoms with Crippen LogP contribution in [0.2, 0.25) is 0 Å². The minimum atomic E-state index is -3.16. The standard InChI is InChI=1S/C19H33N3O3S/c1-7-11-25-17-13-15(2)8-9-16(17)14-22-18(20-6)21-10-12-26(23,24)19(3,4)5/h8-9,13H,7,10-12,14H2,1-6H3,(H2,20,21,22). The van der Waals surface area contributed by atoms with Gasteiger partial charge in [-0.1, -0.05) is 19.1 Å². The summed E-state index contributed by atoms with van der Waals surface area (Å²) in [5, 5.41) is 6.27. The summed E-state index contributed by atoms with van der Waals surface area (Å²) in [6.45, 7) is 10.8. The van der Waals surface area contributed by atoms with Crippen LogP contribution >= 0.6 is 0 Å². The maximum absolute atomic E-state index is 12.2. The maximum Gasteiger partial charge on any atom is 0.191 e. The van der Waals surface area contributed by atoms with Crippen LogP contribution in [0, 0.1) is 6.92 Å². The Morgan fingerprint density at radius 3 is 2.50 bits per heavy atom. The van der Waals surface area contributed by atoms with Gasteiger partial charge in [0.1, 0.15) is 5.75 Å². The van der Waals surface area contributed by atoms with Crippen molar-refractivity contribution < 1.29 is 13.2 Å². The highest BCUT2D eigenvalue weighted by Crippen LogP contribution is 2.20. The minimum Gasteiger partial charge on any atom is -0.493 e. The zero-order valence-corrected chi connectivity index (χ0v) is 17.7. The highest BCUT2D eigenvalue weighted by molar-refractivity contribution is 7.92. The third-order valence-corrected chi connectivity index (χ3v) is 6.56. The number of sulfone groups is 1. The molecule has 1 aromatic carbocycles. The molecular weight excluding hydrogens is 350 g/mol. The van der Waals surface area contributed by atoms with Gasteiger partial charge < -0.3 is 15.4 Å². The molecule has 7 heteroatoms. The van der Waals surface area contributed by atoms with E-state index in [0.717, 1.165) is 23.3 Å². The highest BCUT2D eigenvalue weighted by Gasteiger charge is 2.28. The van der Waals surface area contributed by atoms with E-state index in [2.05, 4.69) is 22.5 Å². The van der Waals surface area contributed by atoms with Gasteiger partial charge in [0, 0.05) is 25.7 Å². The molecule has 0 saturated heterocycles. The van der Waals surface area contributed by atoms with Crippen LogP contribution in [0.25, 0.3) is 0 Å². The van der Waals surface area contributed by atoms with Crippen LogP contribution < -0.4 is 15.4 Å². The molecule has 0 unspecified atom stereocenters. The monoisotopic (exact) mass is 383 g/mol. The zero-order chi connectivity index (χ0) is 19.8. The molecule has 6 nitrogen and oxygen atoms in total. The van der Waals surface area contributed by atoms with Crippen molar-refractivity contribution in [3.8, 4) is 5.75 Å². The number of hydrogen-bond donors (Lipinski definition) is 2. The van der Waals surface area contributed by atoms with Gasteiger partial charge >= 0.3 is 0 Å². The van der Waals surface area contributed by atoms with Crippen molar-refractivity contribution in [2.24, 2.45) is 4.99 Å². The third-order valence-electron chi connectivity index (χ3n) is 3.95. The summed E-state index contributed by atoms with van der Waals surface area (Å²) in [6.07, 6.45) is 0.951. The molecule has 0 fully saturated rings. The van der Waals surface area contributed by atoms with Gasteiger partial charge in [-0.15, -0.1) is 0 Å². The lowest BCUT2D eigenvalue weighted by molar-refractivity contribution is 0.313. The van der Waals surface area contributed by atoms with Gasteiger partial charge in [0.25, 0.3) is 0 Å². The van der Waals surface area contributed by atoms with Crippen LogP contribution in [0.3, 0.4) is 0 Å². The van der Waals surface area contributed by atoms with Gasteiger partial charge in [-0.2, -0.15) is 0 Å². The largest absolute Gasteiger partial charge is 0.493 e. The highest BCUT2D eigenvalue weighted by atomic mass is 32.2. The fourth-order valence-corrected chi connectivity index (χ4v) is 3.15. The van der Waals surface area contributed by atoms with Crippen LogP contribution in [0.15, 0.2) is 23.2 Å². The van der Waals surface area contributed by atoms with Crippen molar-refractivity contribution in [1.29, 1.82) is 0 Å². The zero-order valence-electron chi connectivity index (χ0n) is 16.8. The van der Waals surface area contributed by atoms with Crippen LogP contribution in [0.1, 0.15) is 45.2 Å². The van der Waals surface area contributed by atoms with Crippen molar-refractivity contribution >= 4 is 15.8 Å². The number of hydrogen-bond acceptors (Lipinski definition) is 4. The van der Waals surface area contributed by atoms with Gasteiger partial charge in [0.15, 0.2) is 15.8 Å². The molecule has 0 spiro atoms. The minimum absolute atomic E-state index is 0.0621. The first kappa shape index (κ1) is 22.3. The van der Waals surface area contributed by atoms with Crippen LogP contribution in [0.4, 0.5) is 0 Å². The second-order valence-corrected chi connectivity index (χ2v) is 10.1.